The lowest BCUT2D eigenvalue weighted by Crippen LogP contribution is -2.43. The van der Waals surface area contributed by atoms with Crippen molar-refractivity contribution in [1.29, 1.82) is 0 Å². The van der Waals surface area contributed by atoms with Gasteiger partial charge in [0.05, 0.1) is 19.2 Å². The van der Waals surface area contributed by atoms with Gasteiger partial charge in [-0.05, 0) is 98.1 Å². The highest BCUT2D eigenvalue weighted by Crippen LogP contribution is 2.48. The molecule has 43 heavy (non-hydrogen) atoms. The summed E-state index contributed by atoms with van der Waals surface area (Å²) < 4.78 is 27.2. The number of aromatic nitrogens is 1. The number of halogens is 1. The molecule has 6 nitrogen and oxygen atoms in total. The number of likely N-dealkylation sites (tertiary alicyclic amines) is 1. The highest BCUT2D eigenvalue weighted by atomic mass is 19.1. The molecule has 6 rings (SSSR count). The van der Waals surface area contributed by atoms with E-state index in [4.69, 9.17) is 9.47 Å². The number of ether oxygens (including phenoxy) is 2. The number of aliphatic carboxylic acids is 1. The molecule has 2 aromatic carbocycles. The molecular weight excluding hydrogens is 543 g/mol. The number of carbonyl (C=O) groups is 1. The summed E-state index contributed by atoms with van der Waals surface area (Å²) in [5.74, 6) is 0.102. The van der Waals surface area contributed by atoms with Gasteiger partial charge in [-0.3, -0.25) is 9.69 Å². The number of fused-ring (bicyclic) bond motifs is 1. The second-order valence-electron chi connectivity index (χ2n) is 12.9. The van der Waals surface area contributed by atoms with Gasteiger partial charge >= 0.3 is 5.97 Å². The van der Waals surface area contributed by atoms with Crippen LogP contribution in [-0.4, -0.2) is 40.2 Å². The summed E-state index contributed by atoms with van der Waals surface area (Å²) in [7, 11) is 1.55. The van der Waals surface area contributed by atoms with E-state index in [1.54, 1.807) is 13.2 Å². The summed E-state index contributed by atoms with van der Waals surface area (Å²) in [5.41, 5.74) is 5.70. The summed E-state index contributed by atoms with van der Waals surface area (Å²) in [6, 6.07) is 15.2. The van der Waals surface area contributed by atoms with E-state index in [0.29, 0.717) is 29.4 Å². The van der Waals surface area contributed by atoms with E-state index >= 15 is 4.39 Å². The van der Waals surface area contributed by atoms with Crippen LogP contribution in [-0.2, 0) is 17.8 Å². The molecule has 1 N–H and O–H groups in total. The average molecular weight is 587 g/mol. The minimum atomic E-state index is -0.748. The third-order valence-electron chi connectivity index (χ3n) is 10.0. The van der Waals surface area contributed by atoms with Crippen molar-refractivity contribution >= 4 is 5.97 Å². The molecule has 3 heterocycles. The normalized spacial score (nSPS) is 23.6. The van der Waals surface area contributed by atoms with E-state index < -0.39 is 11.9 Å². The number of methoxy groups -OCH3 is 1. The molecule has 228 valence electrons. The summed E-state index contributed by atoms with van der Waals surface area (Å²) in [5, 5.41) is 9.78. The highest BCUT2D eigenvalue weighted by Gasteiger charge is 2.39. The van der Waals surface area contributed by atoms with Crippen LogP contribution < -0.4 is 9.47 Å². The fourth-order valence-electron chi connectivity index (χ4n) is 7.33. The van der Waals surface area contributed by atoms with Crippen LogP contribution in [0.1, 0.15) is 93.6 Å². The van der Waals surface area contributed by atoms with E-state index in [0.717, 1.165) is 78.6 Å². The van der Waals surface area contributed by atoms with Gasteiger partial charge in [0, 0.05) is 30.3 Å². The Labute approximate surface area is 254 Å². The molecule has 0 spiro atoms. The molecule has 3 aromatic rings. The van der Waals surface area contributed by atoms with Crippen LogP contribution in [0.2, 0.25) is 0 Å². The third-order valence-corrected chi connectivity index (χ3v) is 10.0. The van der Waals surface area contributed by atoms with Crippen molar-refractivity contribution in [2.75, 3.05) is 7.11 Å². The van der Waals surface area contributed by atoms with Crippen molar-refractivity contribution in [2.24, 2.45) is 11.8 Å². The Bertz CT molecular complexity index is 1480. The fourth-order valence-corrected chi connectivity index (χ4v) is 7.33. The number of aryl methyl sites for hydroxylation is 1. The predicted molar refractivity (Wildman–Crippen MR) is 165 cm³/mol. The molecule has 2 aliphatic heterocycles. The minimum absolute atomic E-state index is 0.00145. The Morgan fingerprint density at radius 1 is 1.07 bits per heavy atom. The van der Waals surface area contributed by atoms with Crippen LogP contribution >= 0.6 is 0 Å². The van der Waals surface area contributed by atoms with Crippen molar-refractivity contribution in [1.82, 2.24) is 9.88 Å². The Balaban J connectivity index is 1.34. The molecular formula is C36H43FN2O4. The Morgan fingerprint density at radius 2 is 1.84 bits per heavy atom. The first-order valence-electron chi connectivity index (χ1n) is 15.8. The molecule has 1 aliphatic carbocycles. The first kappa shape index (κ1) is 29.6. The van der Waals surface area contributed by atoms with Crippen molar-refractivity contribution < 1.29 is 23.8 Å². The summed E-state index contributed by atoms with van der Waals surface area (Å²) >= 11 is 0. The zero-order chi connectivity index (χ0) is 30.2. The molecule has 2 fully saturated rings. The summed E-state index contributed by atoms with van der Waals surface area (Å²) in [4.78, 5) is 18.5. The average Bonchev–Trinajstić information content (AvgIpc) is 3.84. The van der Waals surface area contributed by atoms with E-state index in [-0.39, 0.29) is 17.8 Å². The third kappa shape index (κ3) is 6.14. The zero-order valence-corrected chi connectivity index (χ0v) is 25.7. The topological polar surface area (TPSA) is 71.9 Å². The van der Waals surface area contributed by atoms with Crippen LogP contribution in [0.3, 0.4) is 0 Å². The first-order chi connectivity index (χ1) is 20.7. The van der Waals surface area contributed by atoms with Gasteiger partial charge in [-0.25, -0.2) is 9.37 Å². The highest BCUT2D eigenvalue weighted by molar-refractivity contribution is 5.71. The van der Waals surface area contributed by atoms with E-state index in [2.05, 4.69) is 54.1 Å². The maximum atomic E-state index is 15.2. The molecule has 7 heteroatoms. The number of carboxylic acid groups (broad SMARTS) is 1. The van der Waals surface area contributed by atoms with Crippen LogP contribution in [0.4, 0.5) is 4.39 Å². The van der Waals surface area contributed by atoms with Gasteiger partial charge in [-0.15, -0.1) is 0 Å². The number of benzene rings is 2. The van der Waals surface area contributed by atoms with Gasteiger partial charge < -0.3 is 14.6 Å². The quantitative estimate of drug-likeness (QED) is 0.274. The fraction of sp³-hybridized carbons (Fsp3) is 0.500. The second kappa shape index (κ2) is 12.3. The van der Waals surface area contributed by atoms with Crippen molar-refractivity contribution in [3.63, 3.8) is 0 Å². The predicted octanol–water partition coefficient (Wildman–Crippen LogP) is 7.94. The van der Waals surface area contributed by atoms with Crippen molar-refractivity contribution in [2.45, 2.75) is 96.4 Å². The molecule has 5 atom stereocenters. The Kier molecular flexibility index (Phi) is 8.45. The molecule has 0 radical (unpaired) electrons. The van der Waals surface area contributed by atoms with Crippen molar-refractivity contribution in [3.05, 3.63) is 76.7 Å². The number of piperidine rings is 1. The molecule has 1 saturated heterocycles. The van der Waals surface area contributed by atoms with Crippen LogP contribution in [0, 0.1) is 17.7 Å². The van der Waals surface area contributed by atoms with Gasteiger partial charge in [0.1, 0.15) is 17.7 Å². The molecule has 1 saturated carbocycles. The van der Waals surface area contributed by atoms with E-state index in [1.807, 2.05) is 13.0 Å². The monoisotopic (exact) mass is 586 g/mol. The minimum Gasteiger partial charge on any atom is -0.485 e. The molecule has 1 aromatic heterocycles. The number of hydrogen-bond acceptors (Lipinski definition) is 5. The van der Waals surface area contributed by atoms with Gasteiger partial charge in [0.2, 0.25) is 5.88 Å². The maximum Gasteiger partial charge on any atom is 0.306 e. The smallest absolute Gasteiger partial charge is 0.306 e. The van der Waals surface area contributed by atoms with Crippen molar-refractivity contribution in [3.8, 4) is 22.8 Å². The number of rotatable bonds is 9. The zero-order valence-electron chi connectivity index (χ0n) is 25.7. The molecule has 0 bridgehead atoms. The number of hydrogen-bond donors (Lipinski definition) is 1. The van der Waals surface area contributed by atoms with Gasteiger partial charge in [0.15, 0.2) is 0 Å². The second-order valence-corrected chi connectivity index (χ2v) is 12.9. The number of carboxylic acids is 1. The first-order valence-corrected chi connectivity index (χ1v) is 15.8. The van der Waals surface area contributed by atoms with E-state index in [9.17, 15) is 9.90 Å². The molecule has 0 amide bonds. The number of nitrogens with zero attached hydrogens (tertiary/aromatic N) is 2. The van der Waals surface area contributed by atoms with Gasteiger partial charge in [-0.2, -0.15) is 0 Å². The molecule has 3 aliphatic rings. The van der Waals surface area contributed by atoms with Crippen LogP contribution in [0.15, 0.2) is 48.7 Å². The van der Waals surface area contributed by atoms with Gasteiger partial charge in [0.25, 0.3) is 0 Å². The standard InChI is InChI=1S/C36H43FN2O4/c1-21-6-5-7-22(2)39(21)20-28-16-26(12-14-29(28)30-18-34(42-4)38-19-31(30)37)32-15-13-24-8-11-27(17-33(24)43-32)35(25-9-10-25)23(3)36(40)41/h8,11-12,14,16-19,21-23,25,32,35H,5-7,9-10,13,15,20H2,1-4H3,(H,40,41)/t21-,22-,23+,32+,35?/m1/s1. The summed E-state index contributed by atoms with van der Waals surface area (Å²) in [6.45, 7) is 7.12. The lowest BCUT2D eigenvalue weighted by atomic mass is 9.82. The van der Waals surface area contributed by atoms with E-state index in [1.165, 1.54) is 12.6 Å². The molecule has 1 unspecified atom stereocenters. The van der Waals surface area contributed by atoms with Gasteiger partial charge in [-0.1, -0.05) is 43.7 Å². The maximum absolute atomic E-state index is 15.2. The lowest BCUT2D eigenvalue weighted by molar-refractivity contribution is -0.142. The van der Waals surface area contributed by atoms with Crippen LogP contribution in [0.25, 0.3) is 11.1 Å². The Hall–Kier alpha value is -3.45. The lowest BCUT2D eigenvalue weighted by Gasteiger charge is -2.39. The SMILES string of the molecule is COc1cc(-c2ccc([C@@H]3CCc4ccc(C(C5CC5)[C@H](C)C(=O)O)cc4O3)cc2CN2[C@H](C)CCC[C@H]2C)c(F)cn1. The number of pyridine rings is 1. The Morgan fingerprint density at radius 3 is 2.53 bits per heavy atom. The van der Waals surface area contributed by atoms with Crippen LogP contribution in [0.5, 0.6) is 11.6 Å². The summed E-state index contributed by atoms with van der Waals surface area (Å²) in [6.07, 6.45) is 8.52. The largest absolute Gasteiger partial charge is 0.485 e.